The number of carbonyl (C=O) groups is 3. The molecule has 3 amide bonds. The molecule has 2 unspecified atom stereocenters. The Labute approximate surface area is 217 Å². The molecule has 0 aromatic heterocycles. The van der Waals surface area contributed by atoms with E-state index in [9.17, 15) is 19.5 Å². The third kappa shape index (κ3) is 3.94. The zero-order valence-corrected chi connectivity index (χ0v) is 21.8. The van der Waals surface area contributed by atoms with E-state index < -0.39 is 35.1 Å². The summed E-state index contributed by atoms with van der Waals surface area (Å²) in [6.07, 6.45) is 1.43. The fraction of sp³-hybridized carbons (Fsp3) is 0.483. The van der Waals surface area contributed by atoms with Crippen LogP contribution in [0.4, 0.5) is 5.69 Å². The molecular weight excluding hydrogens is 470 g/mol. The van der Waals surface area contributed by atoms with Gasteiger partial charge in [0.05, 0.1) is 30.1 Å². The van der Waals surface area contributed by atoms with E-state index in [1.165, 1.54) is 4.90 Å². The lowest BCUT2D eigenvalue weighted by atomic mass is 9.66. The number of carbonyl (C=O) groups excluding carboxylic acids is 3. The predicted molar refractivity (Wildman–Crippen MR) is 139 cm³/mol. The van der Waals surface area contributed by atoms with Crippen LogP contribution in [0, 0.1) is 25.7 Å². The number of hydrogen-bond donors (Lipinski definition) is 3. The molecule has 1 spiro atoms. The standard InChI is InChI=1S/C29H35N3O5/c1-17-10-11-18(2)21(14-17)31-26(35)24-29-13-12-28(3,37-29)22(25(34)30-4)23(29)27(36)32(24)20(16-33)15-19-8-6-5-7-9-19/h5-11,14,20,22-24,33H,12-13,15-16H2,1-4H3,(H,30,34)(H,31,35)/t20-,22+,23+,24?,28-,29?/m1/s1. The summed E-state index contributed by atoms with van der Waals surface area (Å²) in [6, 6.07) is 13.8. The van der Waals surface area contributed by atoms with Gasteiger partial charge in [0.1, 0.15) is 11.6 Å². The smallest absolute Gasteiger partial charge is 0.250 e. The fourth-order valence-corrected chi connectivity index (χ4v) is 6.82. The number of likely N-dealkylation sites (tertiary alicyclic amines) is 1. The van der Waals surface area contributed by atoms with Crippen LogP contribution in [-0.4, -0.2) is 64.7 Å². The quantitative estimate of drug-likeness (QED) is 0.536. The summed E-state index contributed by atoms with van der Waals surface area (Å²) in [6.45, 7) is 5.41. The van der Waals surface area contributed by atoms with Crippen molar-refractivity contribution in [1.82, 2.24) is 10.2 Å². The Hall–Kier alpha value is -3.23. The van der Waals surface area contributed by atoms with Crippen LogP contribution in [0.1, 0.15) is 36.5 Å². The Kier molecular flexibility index (Phi) is 6.36. The minimum absolute atomic E-state index is 0.262. The van der Waals surface area contributed by atoms with E-state index in [1.807, 2.05) is 69.3 Å². The maximum absolute atomic E-state index is 14.2. The van der Waals surface area contributed by atoms with Gasteiger partial charge in [-0.25, -0.2) is 0 Å². The third-order valence-corrected chi connectivity index (χ3v) is 8.56. The molecule has 3 N–H and O–H groups in total. The molecule has 3 aliphatic rings. The predicted octanol–water partition coefficient (Wildman–Crippen LogP) is 2.36. The van der Waals surface area contributed by atoms with Crippen molar-refractivity contribution < 1.29 is 24.2 Å². The first-order chi connectivity index (χ1) is 17.6. The van der Waals surface area contributed by atoms with Gasteiger partial charge in [-0.2, -0.15) is 0 Å². The first kappa shape index (κ1) is 25.4. The molecule has 37 heavy (non-hydrogen) atoms. The van der Waals surface area contributed by atoms with Crippen LogP contribution in [0.2, 0.25) is 0 Å². The van der Waals surface area contributed by atoms with Gasteiger partial charge in [0, 0.05) is 12.7 Å². The molecule has 3 heterocycles. The van der Waals surface area contributed by atoms with Gasteiger partial charge in [0.2, 0.25) is 17.7 Å². The van der Waals surface area contributed by atoms with Crippen molar-refractivity contribution in [3.63, 3.8) is 0 Å². The summed E-state index contributed by atoms with van der Waals surface area (Å²) in [7, 11) is 1.55. The van der Waals surface area contributed by atoms with Gasteiger partial charge in [-0.1, -0.05) is 42.5 Å². The molecular formula is C29H35N3O5. The van der Waals surface area contributed by atoms with Crippen molar-refractivity contribution in [2.75, 3.05) is 19.0 Å². The average molecular weight is 506 g/mol. The van der Waals surface area contributed by atoms with E-state index in [-0.39, 0.29) is 24.3 Å². The number of aliphatic hydroxyl groups is 1. The number of hydrogen-bond acceptors (Lipinski definition) is 5. The molecule has 8 heteroatoms. The third-order valence-electron chi connectivity index (χ3n) is 8.56. The molecule has 196 valence electrons. The van der Waals surface area contributed by atoms with Crippen molar-refractivity contribution >= 4 is 23.4 Å². The van der Waals surface area contributed by atoms with Crippen LogP contribution >= 0.6 is 0 Å². The second-order valence-electron chi connectivity index (χ2n) is 10.9. The Bertz CT molecular complexity index is 1230. The van der Waals surface area contributed by atoms with Crippen molar-refractivity contribution in [3.8, 4) is 0 Å². The topological polar surface area (TPSA) is 108 Å². The molecule has 2 aromatic rings. The largest absolute Gasteiger partial charge is 0.394 e. The summed E-state index contributed by atoms with van der Waals surface area (Å²) in [5.41, 5.74) is 1.53. The zero-order valence-electron chi connectivity index (χ0n) is 21.8. The lowest BCUT2D eigenvalue weighted by molar-refractivity contribution is -0.147. The maximum Gasteiger partial charge on any atom is 0.250 e. The summed E-state index contributed by atoms with van der Waals surface area (Å²) >= 11 is 0. The van der Waals surface area contributed by atoms with Gasteiger partial charge in [0.15, 0.2) is 0 Å². The highest BCUT2D eigenvalue weighted by atomic mass is 16.5. The van der Waals surface area contributed by atoms with Crippen molar-refractivity contribution in [2.45, 2.75) is 63.3 Å². The highest BCUT2D eigenvalue weighted by Gasteiger charge is 2.78. The normalized spacial score (nSPS) is 30.8. The number of nitrogens with zero attached hydrogens (tertiary/aromatic N) is 1. The van der Waals surface area contributed by atoms with Gasteiger partial charge in [-0.3, -0.25) is 14.4 Å². The van der Waals surface area contributed by atoms with Crippen LogP contribution in [0.25, 0.3) is 0 Å². The monoisotopic (exact) mass is 505 g/mol. The van der Waals surface area contributed by atoms with Crippen LogP contribution in [0.15, 0.2) is 48.5 Å². The number of benzene rings is 2. The van der Waals surface area contributed by atoms with E-state index in [4.69, 9.17) is 4.74 Å². The minimum Gasteiger partial charge on any atom is -0.394 e. The van der Waals surface area contributed by atoms with Gasteiger partial charge in [-0.05, 0) is 62.8 Å². The van der Waals surface area contributed by atoms with E-state index in [2.05, 4.69) is 10.6 Å². The first-order valence-corrected chi connectivity index (χ1v) is 12.9. The zero-order chi connectivity index (χ0) is 26.5. The number of amides is 3. The second-order valence-corrected chi connectivity index (χ2v) is 10.9. The first-order valence-electron chi connectivity index (χ1n) is 12.9. The number of aliphatic hydroxyl groups excluding tert-OH is 1. The molecule has 5 rings (SSSR count). The molecule has 2 aromatic carbocycles. The summed E-state index contributed by atoms with van der Waals surface area (Å²) < 4.78 is 6.61. The summed E-state index contributed by atoms with van der Waals surface area (Å²) in [5, 5.41) is 16.2. The SMILES string of the molecule is CNC(=O)[C@@H]1[C@H]2C(=O)N([C@@H](CO)Cc3ccccc3)C(C(=O)Nc3cc(C)ccc3C)C23CC[C@@]1(C)O3. The van der Waals surface area contributed by atoms with E-state index in [0.29, 0.717) is 24.9 Å². The summed E-state index contributed by atoms with van der Waals surface area (Å²) in [5.74, 6) is -2.45. The molecule has 3 fully saturated rings. The van der Waals surface area contributed by atoms with Crippen molar-refractivity contribution in [2.24, 2.45) is 11.8 Å². The highest BCUT2D eigenvalue weighted by molar-refractivity contribution is 6.04. The molecule has 6 atom stereocenters. The Balaban J connectivity index is 1.59. The van der Waals surface area contributed by atoms with Crippen LogP contribution < -0.4 is 10.6 Å². The molecule has 0 saturated carbocycles. The van der Waals surface area contributed by atoms with Crippen molar-refractivity contribution in [3.05, 3.63) is 65.2 Å². The second kappa shape index (κ2) is 9.26. The average Bonchev–Trinajstić information content (AvgIpc) is 3.45. The number of ether oxygens (including phenoxy) is 1. The fourth-order valence-electron chi connectivity index (χ4n) is 6.82. The van der Waals surface area contributed by atoms with E-state index in [0.717, 1.165) is 16.7 Å². The van der Waals surface area contributed by atoms with Crippen LogP contribution in [0.3, 0.4) is 0 Å². The Morgan fingerprint density at radius 3 is 2.54 bits per heavy atom. The molecule has 2 bridgehead atoms. The van der Waals surface area contributed by atoms with E-state index >= 15 is 0 Å². The molecule has 3 saturated heterocycles. The van der Waals surface area contributed by atoms with Gasteiger partial charge >= 0.3 is 0 Å². The lowest BCUT2D eigenvalue weighted by Gasteiger charge is -2.37. The lowest BCUT2D eigenvalue weighted by Crippen LogP contribution is -2.57. The number of aryl methyl sites for hydroxylation is 2. The summed E-state index contributed by atoms with van der Waals surface area (Å²) in [4.78, 5) is 42.9. The molecule has 3 aliphatic heterocycles. The van der Waals surface area contributed by atoms with Gasteiger partial charge in [0.25, 0.3) is 0 Å². The Morgan fingerprint density at radius 2 is 1.86 bits per heavy atom. The maximum atomic E-state index is 14.2. The minimum atomic E-state index is -1.14. The van der Waals surface area contributed by atoms with Crippen LogP contribution in [-0.2, 0) is 25.5 Å². The highest BCUT2D eigenvalue weighted by Crippen LogP contribution is 2.63. The molecule has 8 nitrogen and oxygen atoms in total. The van der Waals surface area contributed by atoms with Gasteiger partial charge in [-0.15, -0.1) is 0 Å². The number of rotatable bonds is 7. The molecule has 0 radical (unpaired) electrons. The number of nitrogens with one attached hydrogen (secondary N) is 2. The number of fused-ring (bicyclic) bond motifs is 1. The van der Waals surface area contributed by atoms with Crippen LogP contribution in [0.5, 0.6) is 0 Å². The van der Waals surface area contributed by atoms with Gasteiger partial charge < -0.3 is 25.4 Å². The van der Waals surface area contributed by atoms with Crippen molar-refractivity contribution in [1.29, 1.82) is 0 Å². The molecule has 0 aliphatic carbocycles. The van der Waals surface area contributed by atoms with E-state index in [1.54, 1.807) is 7.05 Å². The number of anilines is 1. The Morgan fingerprint density at radius 1 is 1.14 bits per heavy atom.